The Balaban J connectivity index is 1.54. The molecule has 1 aliphatic carbocycles. The van der Waals surface area contributed by atoms with Crippen LogP contribution in [-0.2, 0) is 14.8 Å². The monoisotopic (exact) mass is 492 g/mol. The number of benzene rings is 3. The van der Waals surface area contributed by atoms with Crippen molar-refractivity contribution < 1.29 is 17.9 Å². The molecule has 3 aromatic rings. The number of anilines is 2. The Labute approximate surface area is 208 Å². The molecule has 1 N–H and O–H groups in total. The molecule has 0 aromatic heterocycles. The molecule has 6 nitrogen and oxygen atoms in total. The number of hydrogen-bond donors (Lipinski definition) is 1. The fourth-order valence-corrected chi connectivity index (χ4v) is 5.80. The predicted octanol–water partition coefficient (Wildman–Crippen LogP) is 5.77. The first kappa shape index (κ1) is 24.8. The van der Waals surface area contributed by atoms with Gasteiger partial charge in [-0.2, -0.15) is 0 Å². The van der Waals surface area contributed by atoms with E-state index in [1.54, 1.807) is 48.5 Å². The first-order valence-corrected chi connectivity index (χ1v) is 13.4. The number of carbonyl (C=O) groups is 1. The van der Waals surface area contributed by atoms with Gasteiger partial charge < -0.3 is 10.1 Å². The molecule has 7 heteroatoms. The maximum Gasteiger partial charge on any atom is 0.264 e. The summed E-state index contributed by atoms with van der Waals surface area (Å²) in [6.45, 7) is 5.36. The van der Waals surface area contributed by atoms with Gasteiger partial charge >= 0.3 is 0 Å². The highest BCUT2D eigenvalue weighted by Crippen LogP contribution is 2.27. The van der Waals surface area contributed by atoms with Crippen LogP contribution in [0.1, 0.15) is 42.4 Å². The van der Waals surface area contributed by atoms with Crippen LogP contribution >= 0.6 is 0 Å². The van der Waals surface area contributed by atoms with E-state index < -0.39 is 15.9 Å². The number of amides is 1. The Hall–Kier alpha value is -3.32. The first-order chi connectivity index (χ1) is 16.7. The molecular weight excluding hydrogens is 460 g/mol. The highest BCUT2D eigenvalue weighted by Gasteiger charge is 2.27. The summed E-state index contributed by atoms with van der Waals surface area (Å²) in [6, 6.07) is 19.4. The average molecular weight is 493 g/mol. The number of nitrogens with zero attached hydrogens (tertiary/aromatic N) is 1. The van der Waals surface area contributed by atoms with Crippen molar-refractivity contribution in [1.82, 2.24) is 0 Å². The molecule has 3 aromatic carbocycles. The van der Waals surface area contributed by atoms with Gasteiger partial charge in [0.1, 0.15) is 12.3 Å². The highest BCUT2D eigenvalue weighted by molar-refractivity contribution is 7.92. The molecule has 1 saturated carbocycles. The van der Waals surface area contributed by atoms with Gasteiger partial charge in [0, 0.05) is 5.69 Å². The van der Waals surface area contributed by atoms with Crippen molar-refractivity contribution in [3.63, 3.8) is 0 Å². The lowest BCUT2D eigenvalue weighted by Crippen LogP contribution is -2.38. The minimum absolute atomic E-state index is 0.142. The normalized spacial score (nSPS) is 14.0. The van der Waals surface area contributed by atoms with Gasteiger partial charge in [0.15, 0.2) is 0 Å². The zero-order chi connectivity index (χ0) is 25.0. The highest BCUT2D eigenvalue weighted by atomic mass is 32.2. The third-order valence-electron chi connectivity index (χ3n) is 6.13. The predicted molar refractivity (Wildman–Crippen MR) is 140 cm³/mol. The second kappa shape index (κ2) is 10.5. The second-order valence-corrected chi connectivity index (χ2v) is 11.1. The van der Waals surface area contributed by atoms with Crippen molar-refractivity contribution in [2.24, 2.45) is 0 Å². The van der Waals surface area contributed by atoms with E-state index in [2.05, 4.69) is 5.32 Å². The lowest BCUT2D eigenvalue weighted by atomic mass is 10.1. The minimum atomic E-state index is -3.96. The Kier molecular flexibility index (Phi) is 7.45. The second-order valence-electron chi connectivity index (χ2n) is 9.27. The van der Waals surface area contributed by atoms with Gasteiger partial charge in [0.25, 0.3) is 10.0 Å². The van der Waals surface area contributed by atoms with E-state index in [1.165, 1.54) is 17.1 Å². The van der Waals surface area contributed by atoms with Crippen molar-refractivity contribution in [1.29, 1.82) is 0 Å². The van der Waals surface area contributed by atoms with Gasteiger partial charge in [-0.1, -0.05) is 23.8 Å². The molecule has 0 radical (unpaired) electrons. The van der Waals surface area contributed by atoms with E-state index >= 15 is 0 Å². The maximum absolute atomic E-state index is 13.6. The zero-order valence-electron chi connectivity index (χ0n) is 20.5. The van der Waals surface area contributed by atoms with Gasteiger partial charge in [-0.3, -0.25) is 9.10 Å². The third-order valence-corrected chi connectivity index (χ3v) is 7.92. The van der Waals surface area contributed by atoms with Crippen LogP contribution in [0.4, 0.5) is 11.4 Å². The number of aryl methyl sites for hydroxylation is 3. The van der Waals surface area contributed by atoms with Crippen LogP contribution in [0.15, 0.2) is 71.6 Å². The molecule has 0 unspecified atom stereocenters. The van der Waals surface area contributed by atoms with E-state index in [-0.39, 0.29) is 17.5 Å². The number of sulfonamides is 1. The Morgan fingerprint density at radius 2 is 1.49 bits per heavy atom. The van der Waals surface area contributed by atoms with Crippen molar-refractivity contribution in [3.05, 3.63) is 83.4 Å². The largest absolute Gasteiger partial charge is 0.490 e. The average Bonchev–Trinajstić information content (AvgIpc) is 3.31. The van der Waals surface area contributed by atoms with Crippen molar-refractivity contribution >= 4 is 27.3 Å². The zero-order valence-corrected chi connectivity index (χ0v) is 21.3. The summed E-state index contributed by atoms with van der Waals surface area (Å²) >= 11 is 0. The van der Waals surface area contributed by atoms with Gasteiger partial charge in [0.05, 0.1) is 16.7 Å². The standard InChI is InChI=1S/C28H32N2O4S/c1-20-8-14-27(15-9-20)35(32,33)30(24-17-21(2)16-22(3)18-24)19-28(31)29-23-10-12-26(13-11-23)34-25-6-4-5-7-25/h8-18,25H,4-7,19H2,1-3H3,(H,29,31). The molecule has 0 bridgehead atoms. The molecule has 184 valence electrons. The molecule has 1 aliphatic rings. The smallest absolute Gasteiger partial charge is 0.264 e. The molecule has 0 saturated heterocycles. The minimum Gasteiger partial charge on any atom is -0.490 e. The summed E-state index contributed by atoms with van der Waals surface area (Å²) in [5, 5.41) is 2.82. The van der Waals surface area contributed by atoms with Crippen LogP contribution in [0.25, 0.3) is 0 Å². The van der Waals surface area contributed by atoms with Gasteiger partial charge in [-0.05, 0) is 106 Å². The molecule has 35 heavy (non-hydrogen) atoms. The quantitative estimate of drug-likeness (QED) is 0.433. The van der Waals surface area contributed by atoms with E-state index in [9.17, 15) is 13.2 Å². The lowest BCUT2D eigenvalue weighted by molar-refractivity contribution is -0.114. The van der Waals surface area contributed by atoms with Crippen LogP contribution < -0.4 is 14.4 Å². The lowest BCUT2D eigenvalue weighted by Gasteiger charge is -2.25. The van der Waals surface area contributed by atoms with Crippen LogP contribution in [0.3, 0.4) is 0 Å². The fourth-order valence-electron chi connectivity index (χ4n) is 4.39. The summed E-state index contributed by atoms with van der Waals surface area (Å²) in [7, 11) is -3.96. The first-order valence-electron chi connectivity index (χ1n) is 11.9. The molecule has 4 rings (SSSR count). The molecular formula is C28H32N2O4S. The number of rotatable bonds is 8. The summed E-state index contributed by atoms with van der Waals surface area (Å²) in [4.78, 5) is 13.2. The van der Waals surface area contributed by atoms with Gasteiger partial charge in [0.2, 0.25) is 5.91 Å². The third kappa shape index (κ3) is 6.22. The molecule has 0 aliphatic heterocycles. The summed E-state index contributed by atoms with van der Waals surface area (Å²) in [6.07, 6.45) is 4.79. The van der Waals surface area contributed by atoms with Gasteiger partial charge in [-0.25, -0.2) is 8.42 Å². The molecule has 0 spiro atoms. The maximum atomic E-state index is 13.6. The van der Waals surface area contributed by atoms with Crippen LogP contribution in [0.2, 0.25) is 0 Å². The Bertz CT molecular complexity index is 1260. The molecule has 1 amide bonds. The fraction of sp³-hybridized carbons (Fsp3) is 0.321. The van der Waals surface area contributed by atoms with Crippen LogP contribution in [0, 0.1) is 20.8 Å². The number of hydrogen-bond acceptors (Lipinski definition) is 4. The summed E-state index contributed by atoms with van der Waals surface area (Å²) < 4.78 is 34.3. The number of ether oxygens (including phenoxy) is 1. The van der Waals surface area contributed by atoms with E-state index in [1.807, 2.05) is 39.0 Å². The van der Waals surface area contributed by atoms with E-state index in [0.717, 1.165) is 35.3 Å². The molecule has 1 fully saturated rings. The number of carbonyl (C=O) groups excluding carboxylic acids is 1. The topological polar surface area (TPSA) is 75.7 Å². The van der Waals surface area contributed by atoms with Crippen molar-refractivity contribution in [2.75, 3.05) is 16.2 Å². The van der Waals surface area contributed by atoms with Crippen molar-refractivity contribution in [3.8, 4) is 5.75 Å². The van der Waals surface area contributed by atoms with Crippen LogP contribution in [-0.4, -0.2) is 27.0 Å². The van der Waals surface area contributed by atoms with Crippen molar-refractivity contribution in [2.45, 2.75) is 57.5 Å². The van der Waals surface area contributed by atoms with Gasteiger partial charge in [-0.15, -0.1) is 0 Å². The SMILES string of the molecule is Cc1ccc(S(=O)(=O)N(CC(=O)Nc2ccc(OC3CCCC3)cc2)c2cc(C)cc(C)c2)cc1. The summed E-state index contributed by atoms with van der Waals surface area (Å²) in [5.74, 6) is 0.345. The Morgan fingerprint density at radius 1 is 0.886 bits per heavy atom. The van der Waals surface area contributed by atoms with Crippen LogP contribution in [0.5, 0.6) is 5.75 Å². The number of nitrogens with one attached hydrogen (secondary N) is 1. The Morgan fingerprint density at radius 3 is 2.09 bits per heavy atom. The van der Waals surface area contributed by atoms with E-state index in [4.69, 9.17) is 4.74 Å². The molecule has 0 heterocycles. The summed E-state index contributed by atoms with van der Waals surface area (Å²) in [5.41, 5.74) is 3.84. The van der Waals surface area contributed by atoms with E-state index in [0.29, 0.717) is 11.4 Å². The molecule has 0 atom stereocenters.